The highest BCUT2D eigenvalue weighted by Gasteiger charge is 2.26. The minimum absolute atomic E-state index is 0.104. The first kappa shape index (κ1) is 21.4. The lowest BCUT2D eigenvalue weighted by molar-refractivity contribution is -0.133. The highest BCUT2D eigenvalue weighted by atomic mass is 19.2. The van der Waals surface area contributed by atoms with Crippen molar-refractivity contribution < 1.29 is 13.6 Å². The van der Waals surface area contributed by atoms with Crippen LogP contribution in [0.1, 0.15) is 24.8 Å². The first-order valence-electron chi connectivity index (χ1n) is 11.5. The molecular formula is C28H26F2N2O. The van der Waals surface area contributed by atoms with Crippen LogP contribution in [0.2, 0.25) is 0 Å². The number of hydrogen-bond donors (Lipinski definition) is 1. The quantitative estimate of drug-likeness (QED) is 0.391. The minimum Gasteiger partial charge on any atom is -0.383 e. The van der Waals surface area contributed by atoms with Crippen molar-refractivity contribution in [3.05, 3.63) is 90.0 Å². The molecule has 5 heteroatoms. The molecule has 1 amide bonds. The number of nitrogens with zero attached hydrogens (tertiary/aromatic N) is 1. The Morgan fingerprint density at radius 3 is 2.42 bits per heavy atom. The van der Waals surface area contributed by atoms with Crippen molar-refractivity contribution in [2.75, 3.05) is 18.4 Å². The van der Waals surface area contributed by atoms with E-state index in [1.54, 1.807) is 6.07 Å². The van der Waals surface area contributed by atoms with Crippen LogP contribution in [0.5, 0.6) is 0 Å². The molecule has 168 valence electrons. The number of carbonyl (C=O) groups excluding carboxylic acids is 1. The zero-order valence-corrected chi connectivity index (χ0v) is 18.4. The molecule has 5 rings (SSSR count). The molecule has 1 atom stereocenters. The molecule has 1 fully saturated rings. The van der Waals surface area contributed by atoms with Crippen molar-refractivity contribution in [2.24, 2.45) is 0 Å². The van der Waals surface area contributed by atoms with E-state index in [4.69, 9.17) is 0 Å². The third kappa shape index (κ3) is 4.68. The van der Waals surface area contributed by atoms with Gasteiger partial charge < -0.3 is 10.2 Å². The number of hydrogen-bond acceptors (Lipinski definition) is 2. The molecule has 0 radical (unpaired) electrons. The fourth-order valence-electron chi connectivity index (χ4n) is 4.75. The first-order valence-corrected chi connectivity index (χ1v) is 11.5. The standard InChI is InChI=1S/C28H26F2N2O/c29-26-16-22-10-11-24(15-23(22)17-27(26)30)31-18-25-7-3-4-12-32(25)28(33)14-19-8-9-20-5-1-2-6-21(20)13-19/h1-2,5-6,8-11,13,15-17,25,31H,3-4,7,12,14,18H2/t25-/m0/s1. The third-order valence-corrected chi connectivity index (χ3v) is 6.54. The molecule has 0 spiro atoms. The molecular weight excluding hydrogens is 418 g/mol. The van der Waals surface area contributed by atoms with E-state index in [0.29, 0.717) is 23.7 Å². The van der Waals surface area contributed by atoms with E-state index in [9.17, 15) is 13.6 Å². The molecule has 1 aliphatic rings. The van der Waals surface area contributed by atoms with Crippen LogP contribution in [0.3, 0.4) is 0 Å². The number of rotatable bonds is 5. The van der Waals surface area contributed by atoms with Crippen LogP contribution < -0.4 is 5.32 Å². The summed E-state index contributed by atoms with van der Waals surface area (Å²) in [6.45, 7) is 1.39. The Labute approximate surface area is 192 Å². The number of benzene rings is 4. The third-order valence-electron chi connectivity index (χ3n) is 6.54. The predicted octanol–water partition coefficient (Wildman–Crippen LogP) is 6.31. The zero-order chi connectivity index (χ0) is 22.8. The molecule has 0 aromatic heterocycles. The van der Waals surface area contributed by atoms with Crippen molar-refractivity contribution in [1.29, 1.82) is 0 Å². The molecule has 33 heavy (non-hydrogen) atoms. The lowest BCUT2D eigenvalue weighted by Gasteiger charge is -2.36. The van der Waals surface area contributed by atoms with Gasteiger partial charge in [-0.1, -0.05) is 48.5 Å². The molecule has 1 saturated heterocycles. The highest BCUT2D eigenvalue weighted by molar-refractivity contribution is 5.87. The van der Waals surface area contributed by atoms with Gasteiger partial charge in [-0.25, -0.2) is 8.78 Å². The maximum absolute atomic E-state index is 13.6. The van der Waals surface area contributed by atoms with E-state index in [1.165, 1.54) is 17.5 Å². The highest BCUT2D eigenvalue weighted by Crippen LogP contribution is 2.24. The van der Waals surface area contributed by atoms with Crippen molar-refractivity contribution in [3.63, 3.8) is 0 Å². The van der Waals surface area contributed by atoms with Crippen molar-refractivity contribution in [2.45, 2.75) is 31.7 Å². The Kier molecular flexibility index (Phi) is 5.95. The van der Waals surface area contributed by atoms with Gasteiger partial charge in [-0.2, -0.15) is 0 Å². The SMILES string of the molecule is O=C(Cc1ccc2ccccc2c1)N1CCCC[C@H]1CNc1ccc2cc(F)c(F)cc2c1. The van der Waals surface area contributed by atoms with Crippen LogP contribution in [0, 0.1) is 11.6 Å². The summed E-state index contributed by atoms with van der Waals surface area (Å²) in [5, 5.41) is 7.02. The summed E-state index contributed by atoms with van der Waals surface area (Å²) in [5.41, 5.74) is 1.86. The van der Waals surface area contributed by atoms with Gasteiger partial charge in [0.25, 0.3) is 0 Å². The smallest absolute Gasteiger partial charge is 0.227 e. The fourth-order valence-corrected chi connectivity index (χ4v) is 4.75. The largest absolute Gasteiger partial charge is 0.383 e. The van der Waals surface area contributed by atoms with E-state index in [-0.39, 0.29) is 11.9 Å². The Balaban J connectivity index is 1.27. The number of fused-ring (bicyclic) bond motifs is 2. The van der Waals surface area contributed by atoms with E-state index in [2.05, 4.69) is 29.6 Å². The van der Waals surface area contributed by atoms with Crippen LogP contribution in [-0.2, 0) is 11.2 Å². The summed E-state index contributed by atoms with van der Waals surface area (Å²) in [7, 11) is 0. The van der Waals surface area contributed by atoms with Gasteiger partial charge in [-0.15, -0.1) is 0 Å². The van der Waals surface area contributed by atoms with E-state index in [1.807, 2.05) is 35.2 Å². The zero-order valence-electron chi connectivity index (χ0n) is 18.4. The second-order valence-electron chi connectivity index (χ2n) is 8.80. The number of piperidine rings is 1. The molecule has 1 aliphatic heterocycles. The normalized spacial score (nSPS) is 16.3. The molecule has 1 N–H and O–H groups in total. The van der Waals surface area contributed by atoms with E-state index < -0.39 is 11.6 Å². The number of amides is 1. The maximum Gasteiger partial charge on any atom is 0.227 e. The number of halogens is 2. The molecule has 3 nitrogen and oxygen atoms in total. The van der Waals surface area contributed by atoms with E-state index >= 15 is 0 Å². The maximum atomic E-state index is 13.6. The van der Waals surface area contributed by atoms with Gasteiger partial charge in [-0.05, 0) is 70.6 Å². The summed E-state index contributed by atoms with van der Waals surface area (Å²) in [5.74, 6) is -1.55. The summed E-state index contributed by atoms with van der Waals surface area (Å²) in [6.07, 6.45) is 3.45. The van der Waals surface area contributed by atoms with E-state index in [0.717, 1.165) is 42.4 Å². The van der Waals surface area contributed by atoms with Gasteiger partial charge >= 0.3 is 0 Å². The Morgan fingerprint density at radius 2 is 1.58 bits per heavy atom. The fraction of sp³-hybridized carbons (Fsp3) is 0.250. The van der Waals surface area contributed by atoms with Crippen LogP contribution >= 0.6 is 0 Å². The number of carbonyl (C=O) groups is 1. The van der Waals surface area contributed by atoms with Gasteiger partial charge in [0.15, 0.2) is 11.6 Å². The monoisotopic (exact) mass is 444 g/mol. The molecule has 0 saturated carbocycles. The number of nitrogens with one attached hydrogen (secondary N) is 1. The lowest BCUT2D eigenvalue weighted by Crippen LogP contribution is -2.47. The average molecular weight is 445 g/mol. The topological polar surface area (TPSA) is 32.3 Å². The Bertz CT molecular complexity index is 1320. The van der Waals surface area contributed by atoms with Crippen LogP contribution in [-0.4, -0.2) is 29.9 Å². The minimum atomic E-state index is -0.850. The van der Waals surface area contributed by atoms with Crippen LogP contribution in [0.25, 0.3) is 21.5 Å². The number of anilines is 1. The van der Waals surface area contributed by atoms with Crippen LogP contribution in [0.15, 0.2) is 72.8 Å². The van der Waals surface area contributed by atoms with Gasteiger partial charge in [-0.3, -0.25) is 4.79 Å². The first-order chi connectivity index (χ1) is 16.1. The summed E-state index contributed by atoms with van der Waals surface area (Å²) in [4.78, 5) is 15.2. The van der Waals surface area contributed by atoms with Gasteiger partial charge in [0.2, 0.25) is 5.91 Å². The second kappa shape index (κ2) is 9.18. The lowest BCUT2D eigenvalue weighted by atomic mass is 9.99. The summed E-state index contributed by atoms with van der Waals surface area (Å²) < 4.78 is 27.1. The van der Waals surface area contributed by atoms with Crippen molar-refractivity contribution in [1.82, 2.24) is 4.90 Å². The number of likely N-dealkylation sites (tertiary alicyclic amines) is 1. The van der Waals surface area contributed by atoms with Crippen LogP contribution in [0.4, 0.5) is 14.5 Å². The van der Waals surface area contributed by atoms with Crippen molar-refractivity contribution >= 4 is 33.1 Å². The average Bonchev–Trinajstić information content (AvgIpc) is 2.83. The predicted molar refractivity (Wildman–Crippen MR) is 129 cm³/mol. The molecule has 4 aromatic rings. The Hall–Kier alpha value is -3.47. The van der Waals surface area contributed by atoms with Gasteiger partial charge in [0, 0.05) is 24.8 Å². The summed E-state index contributed by atoms with van der Waals surface area (Å²) >= 11 is 0. The van der Waals surface area contributed by atoms with Crippen molar-refractivity contribution in [3.8, 4) is 0 Å². The Morgan fingerprint density at radius 1 is 0.848 bits per heavy atom. The molecule has 0 unspecified atom stereocenters. The molecule has 1 heterocycles. The second-order valence-corrected chi connectivity index (χ2v) is 8.80. The molecule has 4 aromatic carbocycles. The summed E-state index contributed by atoms with van der Waals surface area (Å²) in [6, 6.07) is 22.4. The van der Waals surface area contributed by atoms with Gasteiger partial charge in [0.1, 0.15) is 0 Å². The molecule has 0 aliphatic carbocycles. The van der Waals surface area contributed by atoms with Gasteiger partial charge in [0.05, 0.1) is 6.42 Å². The molecule has 0 bridgehead atoms.